The minimum Gasteiger partial charge on any atom is -0.350 e. The summed E-state index contributed by atoms with van der Waals surface area (Å²) in [6, 6.07) is 5.38. The van der Waals surface area contributed by atoms with E-state index in [1.165, 1.54) is 17.0 Å². The van der Waals surface area contributed by atoms with E-state index < -0.39 is 58.1 Å². The first-order valence-corrected chi connectivity index (χ1v) is 13.1. The summed E-state index contributed by atoms with van der Waals surface area (Å²) in [6.45, 7) is -0.419. The molecule has 0 radical (unpaired) electrons. The van der Waals surface area contributed by atoms with Gasteiger partial charge in [0.2, 0.25) is 5.91 Å². The highest BCUT2D eigenvalue weighted by Crippen LogP contribution is 2.31. The zero-order valence-corrected chi connectivity index (χ0v) is 20.5. The van der Waals surface area contributed by atoms with Crippen molar-refractivity contribution >= 4 is 22.0 Å². The van der Waals surface area contributed by atoms with Crippen LogP contribution in [-0.2, 0) is 32.5 Å². The molecule has 0 bridgehead atoms. The van der Waals surface area contributed by atoms with E-state index in [0.717, 1.165) is 20.7 Å². The summed E-state index contributed by atoms with van der Waals surface area (Å²) in [5.41, 5.74) is -0.702. The molecule has 3 heterocycles. The highest BCUT2D eigenvalue weighted by molar-refractivity contribution is 7.86. The van der Waals surface area contributed by atoms with Crippen LogP contribution in [0.4, 0.5) is 17.6 Å². The molecule has 3 aliphatic heterocycles. The van der Waals surface area contributed by atoms with E-state index in [9.17, 15) is 35.6 Å². The van der Waals surface area contributed by atoms with Crippen molar-refractivity contribution in [3.63, 3.8) is 0 Å². The van der Waals surface area contributed by atoms with Crippen molar-refractivity contribution in [1.29, 1.82) is 5.26 Å². The molecule has 0 aliphatic carbocycles. The Morgan fingerprint density at radius 1 is 1.11 bits per heavy atom. The van der Waals surface area contributed by atoms with E-state index in [1.54, 1.807) is 0 Å². The fourth-order valence-electron chi connectivity index (χ4n) is 4.54. The average molecular weight is 544 g/mol. The van der Waals surface area contributed by atoms with Gasteiger partial charge in [-0.1, -0.05) is 12.1 Å². The lowest BCUT2D eigenvalue weighted by Crippen LogP contribution is -2.56. The number of alkyl halides is 3. The first kappa shape index (κ1) is 27.0. The second-order valence-electron chi connectivity index (χ2n) is 9.19. The van der Waals surface area contributed by atoms with Gasteiger partial charge in [-0.2, -0.15) is 35.5 Å². The molecule has 1 N–H and O–H groups in total. The molecule has 3 aliphatic rings. The first-order chi connectivity index (χ1) is 17.4. The third-order valence-corrected chi connectivity index (χ3v) is 8.66. The third kappa shape index (κ3) is 5.63. The SMILES string of the molecule is N#CC1CN(S(=O)(=O)N2CCC(F)=C(C(=O)N3CCC[C@@H]3C(=O)NCc3ccc(C(F)(F)F)cc3)C2)C1. The number of carbonyl (C=O) groups excluding carboxylic acids is 2. The van der Waals surface area contributed by atoms with Crippen molar-refractivity contribution in [3.05, 3.63) is 46.8 Å². The summed E-state index contributed by atoms with van der Waals surface area (Å²) in [4.78, 5) is 27.2. The molecule has 1 aromatic carbocycles. The molecule has 0 spiro atoms. The van der Waals surface area contributed by atoms with Gasteiger partial charge in [0.15, 0.2) is 0 Å². The fourth-order valence-corrected chi connectivity index (χ4v) is 6.22. The summed E-state index contributed by atoms with van der Waals surface area (Å²) < 4.78 is 80.7. The maximum Gasteiger partial charge on any atom is 0.416 e. The number of nitrogens with one attached hydrogen (secondary N) is 1. The second kappa shape index (κ2) is 10.4. The quantitative estimate of drug-likeness (QED) is 0.551. The molecule has 0 unspecified atom stereocenters. The molecule has 1 aromatic rings. The summed E-state index contributed by atoms with van der Waals surface area (Å²) in [5.74, 6) is -2.43. The van der Waals surface area contributed by atoms with Gasteiger partial charge in [-0.3, -0.25) is 9.59 Å². The van der Waals surface area contributed by atoms with Crippen LogP contribution in [0.5, 0.6) is 0 Å². The smallest absolute Gasteiger partial charge is 0.350 e. The molecule has 14 heteroatoms. The molecular weight excluding hydrogens is 518 g/mol. The Morgan fingerprint density at radius 3 is 2.41 bits per heavy atom. The standard InChI is InChI=1S/C23H25F4N5O4S/c24-19-7-9-30(37(35,36)31-12-16(10-28)13-31)14-18(19)22(34)32-8-1-2-20(32)21(33)29-11-15-3-5-17(6-4-15)23(25,26)27/h3-6,16,20H,1-2,7-9,11-14H2,(H,29,33)/t20-/m1/s1. The van der Waals surface area contributed by atoms with Gasteiger partial charge in [0.25, 0.3) is 16.1 Å². The van der Waals surface area contributed by atoms with Gasteiger partial charge >= 0.3 is 6.18 Å². The monoisotopic (exact) mass is 543 g/mol. The van der Waals surface area contributed by atoms with E-state index in [4.69, 9.17) is 5.26 Å². The topological polar surface area (TPSA) is 114 Å². The Hall–Kier alpha value is -3.02. The number of amides is 2. The lowest BCUT2D eigenvalue weighted by Gasteiger charge is -2.39. The number of nitriles is 1. The molecule has 2 amide bonds. The summed E-state index contributed by atoms with van der Waals surface area (Å²) in [7, 11) is -3.97. The van der Waals surface area contributed by atoms with Crippen LogP contribution in [0.1, 0.15) is 30.4 Å². The number of hydrogen-bond donors (Lipinski definition) is 1. The van der Waals surface area contributed by atoms with Gasteiger partial charge in [0, 0.05) is 45.7 Å². The fraction of sp³-hybridized carbons (Fsp3) is 0.522. The highest BCUT2D eigenvalue weighted by atomic mass is 32.2. The van der Waals surface area contributed by atoms with Gasteiger partial charge in [0.05, 0.1) is 23.1 Å². The maximum atomic E-state index is 14.7. The zero-order valence-electron chi connectivity index (χ0n) is 19.7. The van der Waals surface area contributed by atoms with Crippen molar-refractivity contribution in [3.8, 4) is 6.07 Å². The van der Waals surface area contributed by atoms with Crippen LogP contribution in [0.25, 0.3) is 0 Å². The van der Waals surface area contributed by atoms with E-state index in [2.05, 4.69) is 5.32 Å². The molecule has 2 fully saturated rings. The molecule has 9 nitrogen and oxygen atoms in total. The molecule has 200 valence electrons. The number of rotatable bonds is 6. The van der Waals surface area contributed by atoms with Crippen molar-refractivity contribution in [1.82, 2.24) is 18.8 Å². The number of hydrogen-bond acceptors (Lipinski definition) is 5. The lowest BCUT2D eigenvalue weighted by atomic mass is 10.1. The van der Waals surface area contributed by atoms with Crippen LogP contribution in [0.2, 0.25) is 0 Å². The van der Waals surface area contributed by atoms with Crippen molar-refractivity contribution in [2.24, 2.45) is 5.92 Å². The number of halogens is 4. The highest BCUT2D eigenvalue weighted by Gasteiger charge is 2.43. The summed E-state index contributed by atoms with van der Waals surface area (Å²) >= 11 is 0. The molecule has 0 saturated carbocycles. The van der Waals surface area contributed by atoms with Crippen molar-refractivity contribution in [2.45, 2.75) is 38.0 Å². The van der Waals surface area contributed by atoms with Crippen LogP contribution < -0.4 is 5.32 Å². The Kier molecular flexibility index (Phi) is 7.59. The number of nitrogens with zero attached hydrogens (tertiary/aromatic N) is 4. The molecule has 37 heavy (non-hydrogen) atoms. The Labute approximate surface area is 211 Å². The molecule has 2 saturated heterocycles. The van der Waals surface area contributed by atoms with Gasteiger partial charge in [-0.25, -0.2) is 4.39 Å². The maximum absolute atomic E-state index is 14.7. The molecule has 0 aromatic heterocycles. The normalized spacial score (nSPS) is 22.0. The predicted octanol–water partition coefficient (Wildman–Crippen LogP) is 1.94. The minimum absolute atomic E-state index is 0.0398. The number of benzene rings is 1. The van der Waals surface area contributed by atoms with Crippen LogP contribution in [0, 0.1) is 17.2 Å². The largest absolute Gasteiger partial charge is 0.416 e. The zero-order chi connectivity index (χ0) is 27.0. The average Bonchev–Trinajstić information content (AvgIpc) is 3.31. The van der Waals surface area contributed by atoms with Crippen LogP contribution in [0.15, 0.2) is 35.7 Å². The van der Waals surface area contributed by atoms with Crippen LogP contribution in [0.3, 0.4) is 0 Å². The second-order valence-corrected chi connectivity index (χ2v) is 11.1. The molecule has 4 rings (SSSR count). The van der Waals surface area contributed by atoms with Gasteiger partial charge < -0.3 is 10.2 Å². The number of carbonyl (C=O) groups is 2. The van der Waals surface area contributed by atoms with E-state index in [1.807, 2.05) is 6.07 Å². The molecule has 1 atom stereocenters. The van der Waals surface area contributed by atoms with Gasteiger partial charge in [-0.05, 0) is 30.5 Å². The Balaban J connectivity index is 1.39. The van der Waals surface area contributed by atoms with Crippen molar-refractivity contribution in [2.75, 3.05) is 32.7 Å². The van der Waals surface area contributed by atoms with E-state index in [-0.39, 0.29) is 44.7 Å². The summed E-state index contributed by atoms with van der Waals surface area (Å²) in [6.07, 6.45) is -3.97. The van der Waals surface area contributed by atoms with Crippen molar-refractivity contribution < 1.29 is 35.6 Å². The molecular formula is C23H25F4N5O4S. The predicted molar refractivity (Wildman–Crippen MR) is 122 cm³/mol. The van der Waals surface area contributed by atoms with Crippen LogP contribution in [-0.4, -0.2) is 72.5 Å². The third-order valence-electron chi connectivity index (χ3n) is 6.75. The van der Waals surface area contributed by atoms with Gasteiger partial charge in [0.1, 0.15) is 11.9 Å². The first-order valence-electron chi connectivity index (χ1n) is 11.7. The van der Waals surface area contributed by atoms with E-state index in [0.29, 0.717) is 18.4 Å². The summed E-state index contributed by atoms with van der Waals surface area (Å²) in [5, 5.41) is 11.5. The lowest BCUT2D eigenvalue weighted by molar-refractivity contribution is -0.137. The van der Waals surface area contributed by atoms with Gasteiger partial charge in [-0.15, -0.1) is 0 Å². The Bertz CT molecular complexity index is 1240. The minimum atomic E-state index is -4.47. The van der Waals surface area contributed by atoms with Crippen LogP contribution >= 0.6 is 0 Å². The van der Waals surface area contributed by atoms with E-state index >= 15 is 0 Å². The number of likely N-dealkylation sites (tertiary alicyclic amines) is 1. The Morgan fingerprint density at radius 2 is 1.78 bits per heavy atom.